The second-order valence-electron chi connectivity index (χ2n) is 6.38. The molecular weight excluding hydrogens is 291 g/mol. The molecule has 0 spiro atoms. The molecule has 0 aromatic carbocycles. The van der Waals surface area contributed by atoms with Crippen LogP contribution in [0.4, 0.5) is 0 Å². The SMILES string of the molecule is C[N+](C)(C)C(O)CCOCCC(O)[N+](C)(C)C.[Cl-].[Cl-]. The molecule has 0 aliphatic heterocycles. The average Bonchev–Trinajstić information content (AvgIpc) is 2.13. The van der Waals surface area contributed by atoms with Crippen LogP contribution < -0.4 is 24.8 Å². The van der Waals surface area contributed by atoms with Gasteiger partial charge in [-0.1, -0.05) is 0 Å². The lowest BCUT2D eigenvalue weighted by Crippen LogP contribution is -3.00. The minimum Gasteiger partial charge on any atom is -1.00 e. The Bertz CT molecular complexity index is 196. The highest BCUT2D eigenvalue weighted by atomic mass is 35.5. The van der Waals surface area contributed by atoms with Gasteiger partial charge in [0.25, 0.3) is 0 Å². The van der Waals surface area contributed by atoms with Crippen molar-refractivity contribution in [2.24, 2.45) is 0 Å². The normalized spacial score (nSPS) is 15.2. The number of quaternary nitrogens is 2. The summed E-state index contributed by atoms with van der Waals surface area (Å²) in [6.45, 7) is 1.06. The Kier molecular flexibility index (Phi) is 13.0. The monoisotopic (exact) mass is 320 g/mol. The molecule has 120 valence electrons. The molecule has 2 atom stereocenters. The largest absolute Gasteiger partial charge is 1.00 e. The molecule has 2 unspecified atom stereocenters. The predicted octanol–water partition coefficient (Wildman–Crippen LogP) is -6.16. The highest BCUT2D eigenvalue weighted by Crippen LogP contribution is 2.06. The summed E-state index contributed by atoms with van der Waals surface area (Å²) < 4.78 is 6.46. The highest BCUT2D eigenvalue weighted by Gasteiger charge is 2.21. The Morgan fingerprint density at radius 1 is 0.737 bits per heavy atom. The number of ether oxygens (including phenoxy) is 1. The third kappa shape index (κ3) is 11.9. The number of hydrogen-bond acceptors (Lipinski definition) is 3. The van der Waals surface area contributed by atoms with E-state index in [1.807, 2.05) is 42.3 Å². The summed E-state index contributed by atoms with van der Waals surface area (Å²) in [6.07, 6.45) is 0.421. The van der Waals surface area contributed by atoms with E-state index in [1.54, 1.807) is 0 Å². The van der Waals surface area contributed by atoms with Gasteiger partial charge in [0.15, 0.2) is 12.5 Å². The lowest BCUT2D eigenvalue weighted by Gasteiger charge is -2.30. The second kappa shape index (κ2) is 10.2. The highest BCUT2D eigenvalue weighted by molar-refractivity contribution is 4.44. The third-order valence-corrected chi connectivity index (χ3v) is 2.83. The molecule has 0 aromatic rings. The van der Waals surface area contributed by atoms with E-state index in [-0.39, 0.29) is 24.8 Å². The van der Waals surface area contributed by atoms with E-state index in [9.17, 15) is 10.2 Å². The zero-order valence-electron chi connectivity index (χ0n) is 12.9. The van der Waals surface area contributed by atoms with Gasteiger partial charge in [-0.05, 0) is 0 Å². The van der Waals surface area contributed by atoms with Crippen molar-refractivity contribution in [3.8, 4) is 0 Å². The smallest absolute Gasteiger partial charge is 0.192 e. The van der Waals surface area contributed by atoms with Gasteiger partial charge >= 0.3 is 0 Å². The van der Waals surface area contributed by atoms with Gasteiger partial charge in [0, 0.05) is 12.8 Å². The van der Waals surface area contributed by atoms with Gasteiger partial charge in [0.05, 0.1) is 55.5 Å². The molecule has 2 N–H and O–H groups in total. The predicted molar refractivity (Wildman–Crippen MR) is 68.1 cm³/mol. The number of nitrogens with zero attached hydrogens (tertiary/aromatic N) is 2. The Labute approximate surface area is 130 Å². The lowest BCUT2D eigenvalue weighted by molar-refractivity contribution is -0.919. The Morgan fingerprint density at radius 3 is 1.21 bits per heavy atom. The fraction of sp³-hybridized carbons (Fsp3) is 1.00. The first-order chi connectivity index (χ1) is 7.55. The van der Waals surface area contributed by atoms with Crippen LogP contribution in [-0.4, -0.2) is 87.1 Å². The second-order valence-corrected chi connectivity index (χ2v) is 6.38. The maximum atomic E-state index is 9.76. The minimum atomic E-state index is -0.404. The number of aliphatic hydroxyl groups is 2. The quantitative estimate of drug-likeness (QED) is 0.266. The Hall–Kier alpha value is 0.380. The van der Waals surface area contributed by atoms with Crippen molar-refractivity contribution >= 4 is 0 Å². The molecule has 0 rings (SSSR count). The van der Waals surface area contributed by atoms with Crippen LogP contribution in [0.25, 0.3) is 0 Å². The van der Waals surface area contributed by atoms with Gasteiger partial charge in [-0.25, -0.2) is 0 Å². The molecular formula is C12H30Cl2N2O3. The average molecular weight is 321 g/mol. The van der Waals surface area contributed by atoms with E-state index in [4.69, 9.17) is 4.74 Å². The standard InChI is InChI=1S/C12H30N2O3.2ClH/c1-13(2,3)11(15)7-9-17-10-8-12(16)14(4,5)6;;/h11-12,15-16H,7-10H2,1-6H3;2*1H/q+2;;/p-2. The molecule has 0 saturated carbocycles. The van der Waals surface area contributed by atoms with Crippen LogP contribution in [0.15, 0.2) is 0 Å². The van der Waals surface area contributed by atoms with Gasteiger partial charge in [-0.15, -0.1) is 0 Å². The molecule has 5 nitrogen and oxygen atoms in total. The van der Waals surface area contributed by atoms with E-state index < -0.39 is 12.5 Å². The van der Waals surface area contributed by atoms with E-state index >= 15 is 0 Å². The molecule has 0 amide bonds. The van der Waals surface area contributed by atoms with Gasteiger partial charge in [0.2, 0.25) is 0 Å². The topological polar surface area (TPSA) is 49.7 Å². The molecule has 0 fully saturated rings. The van der Waals surface area contributed by atoms with Crippen molar-refractivity contribution < 1.29 is 48.7 Å². The minimum absolute atomic E-state index is 0. The maximum absolute atomic E-state index is 9.76. The number of hydrogen-bond donors (Lipinski definition) is 2. The van der Waals surface area contributed by atoms with Crippen LogP contribution in [-0.2, 0) is 4.74 Å². The molecule has 0 saturated heterocycles. The van der Waals surface area contributed by atoms with Crippen molar-refractivity contribution in [2.75, 3.05) is 55.5 Å². The number of rotatable bonds is 8. The summed E-state index contributed by atoms with van der Waals surface area (Å²) in [7, 11) is 11.7. The summed E-state index contributed by atoms with van der Waals surface area (Å²) in [5.74, 6) is 0. The fourth-order valence-corrected chi connectivity index (χ4v) is 1.25. The van der Waals surface area contributed by atoms with Gasteiger partial charge in [-0.3, -0.25) is 0 Å². The van der Waals surface area contributed by atoms with E-state index in [1.165, 1.54) is 0 Å². The van der Waals surface area contributed by atoms with Gasteiger partial charge < -0.3 is 48.7 Å². The van der Waals surface area contributed by atoms with Crippen molar-refractivity contribution in [2.45, 2.75) is 25.3 Å². The molecule has 0 radical (unpaired) electrons. The number of halogens is 2. The summed E-state index contributed by atoms with van der Waals surface area (Å²) in [5, 5.41) is 19.5. The zero-order valence-corrected chi connectivity index (χ0v) is 14.4. The fourth-order valence-electron chi connectivity index (χ4n) is 1.25. The summed E-state index contributed by atoms with van der Waals surface area (Å²) in [4.78, 5) is 0. The summed E-state index contributed by atoms with van der Waals surface area (Å²) >= 11 is 0. The summed E-state index contributed by atoms with van der Waals surface area (Å²) in [6, 6.07) is 0. The first-order valence-corrected chi connectivity index (χ1v) is 6.11. The molecule has 0 aliphatic rings. The Balaban J connectivity index is -0.00000128. The van der Waals surface area contributed by atoms with E-state index in [2.05, 4.69) is 0 Å². The van der Waals surface area contributed by atoms with Crippen LogP contribution in [0.5, 0.6) is 0 Å². The van der Waals surface area contributed by atoms with Crippen molar-refractivity contribution in [3.05, 3.63) is 0 Å². The van der Waals surface area contributed by atoms with Crippen molar-refractivity contribution in [3.63, 3.8) is 0 Å². The van der Waals surface area contributed by atoms with Crippen molar-refractivity contribution in [1.82, 2.24) is 0 Å². The lowest BCUT2D eigenvalue weighted by atomic mass is 10.3. The molecule has 0 aromatic heterocycles. The molecule has 0 aliphatic carbocycles. The first kappa shape index (κ1) is 24.4. The molecule has 0 heterocycles. The summed E-state index contributed by atoms with van der Waals surface area (Å²) in [5.41, 5.74) is 0. The van der Waals surface area contributed by atoms with Crippen LogP contribution in [0.3, 0.4) is 0 Å². The Morgan fingerprint density at radius 2 is 1.00 bits per heavy atom. The molecule has 19 heavy (non-hydrogen) atoms. The van der Waals surface area contributed by atoms with Crippen LogP contribution in [0, 0.1) is 0 Å². The van der Waals surface area contributed by atoms with Gasteiger partial charge in [0.1, 0.15) is 0 Å². The van der Waals surface area contributed by atoms with E-state index in [0.29, 0.717) is 35.0 Å². The zero-order chi connectivity index (χ0) is 13.7. The van der Waals surface area contributed by atoms with Crippen molar-refractivity contribution in [1.29, 1.82) is 0 Å². The first-order valence-electron chi connectivity index (χ1n) is 6.11. The van der Waals surface area contributed by atoms with E-state index in [0.717, 1.165) is 0 Å². The van der Waals surface area contributed by atoms with Crippen LogP contribution >= 0.6 is 0 Å². The number of aliphatic hydroxyl groups excluding tert-OH is 2. The molecule has 7 heteroatoms. The van der Waals surface area contributed by atoms with Gasteiger partial charge in [-0.2, -0.15) is 0 Å². The van der Waals surface area contributed by atoms with Crippen LogP contribution in [0.1, 0.15) is 12.8 Å². The third-order valence-electron chi connectivity index (χ3n) is 2.83. The van der Waals surface area contributed by atoms with Crippen LogP contribution in [0.2, 0.25) is 0 Å². The molecule has 0 bridgehead atoms. The maximum Gasteiger partial charge on any atom is 0.192 e.